The van der Waals surface area contributed by atoms with E-state index in [9.17, 15) is 9.59 Å². The lowest BCUT2D eigenvalue weighted by atomic mass is 9.93. The van der Waals surface area contributed by atoms with E-state index >= 15 is 0 Å². The molecule has 0 unspecified atom stereocenters. The molecule has 1 N–H and O–H groups in total. The number of carbonyl (C=O) groups excluding carboxylic acids is 1. The van der Waals surface area contributed by atoms with Gasteiger partial charge >= 0.3 is 5.97 Å². The van der Waals surface area contributed by atoms with Crippen LogP contribution in [0.2, 0.25) is 0 Å². The molecule has 5 heteroatoms. The minimum Gasteiger partial charge on any atom is -0.496 e. The molecule has 1 heterocycles. The number of rotatable bonds is 7. The van der Waals surface area contributed by atoms with Crippen LogP contribution in [0.3, 0.4) is 0 Å². The van der Waals surface area contributed by atoms with E-state index in [2.05, 4.69) is 0 Å². The molecule has 1 aliphatic rings. The maximum absolute atomic E-state index is 12.8. The molecule has 5 nitrogen and oxygen atoms in total. The number of piperidine rings is 1. The first-order valence-electron chi connectivity index (χ1n) is 8.67. The monoisotopic (exact) mass is 333 g/mol. The zero-order valence-electron chi connectivity index (χ0n) is 14.5. The highest BCUT2D eigenvalue weighted by Gasteiger charge is 2.28. The van der Waals surface area contributed by atoms with Crippen LogP contribution in [0.1, 0.15) is 56.9 Å². The Bertz CT molecular complexity index is 572. The van der Waals surface area contributed by atoms with Gasteiger partial charge in [-0.15, -0.1) is 0 Å². The molecule has 0 spiro atoms. The summed E-state index contributed by atoms with van der Waals surface area (Å²) < 4.78 is 5.39. The Balaban J connectivity index is 2.02. The number of amides is 1. The number of nitrogens with zero attached hydrogens (tertiary/aromatic N) is 1. The second kappa shape index (κ2) is 8.71. The fourth-order valence-electron chi connectivity index (χ4n) is 3.48. The molecule has 0 radical (unpaired) electrons. The van der Waals surface area contributed by atoms with Crippen molar-refractivity contribution in [3.8, 4) is 5.75 Å². The van der Waals surface area contributed by atoms with Gasteiger partial charge in [0.15, 0.2) is 0 Å². The number of hydrogen-bond donors (Lipinski definition) is 1. The lowest BCUT2D eigenvalue weighted by Crippen LogP contribution is -2.44. The Labute approximate surface area is 143 Å². The van der Waals surface area contributed by atoms with Crippen LogP contribution >= 0.6 is 0 Å². The van der Waals surface area contributed by atoms with Crippen molar-refractivity contribution >= 4 is 11.9 Å². The molecular weight excluding hydrogens is 306 g/mol. The molecule has 1 saturated heterocycles. The molecule has 0 aromatic heterocycles. The van der Waals surface area contributed by atoms with E-state index in [-0.39, 0.29) is 24.3 Å². The van der Waals surface area contributed by atoms with Crippen molar-refractivity contribution in [1.29, 1.82) is 0 Å². The molecule has 1 aliphatic heterocycles. The number of carbonyl (C=O) groups is 2. The summed E-state index contributed by atoms with van der Waals surface area (Å²) in [5.74, 6) is 0.188. The Kier molecular flexibility index (Phi) is 6.64. The van der Waals surface area contributed by atoms with Gasteiger partial charge < -0.3 is 14.7 Å². The number of likely N-dealkylation sites (tertiary alicyclic amines) is 1. The maximum Gasteiger partial charge on any atom is 0.303 e. The standard InChI is InChI=1S/C19H27NO4/c1-14(16-8-3-4-9-17(16)24-2)13-18(21)20-12-6-5-7-15(20)10-11-19(22)23/h3-4,8-9,14-15H,5-7,10-13H2,1-2H3,(H,22,23)/t14-,15+/m0/s1. The normalized spacial score (nSPS) is 18.9. The third-order valence-corrected chi connectivity index (χ3v) is 4.79. The van der Waals surface area contributed by atoms with Crippen LogP contribution in [0.4, 0.5) is 0 Å². The second-order valence-corrected chi connectivity index (χ2v) is 6.52. The number of ether oxygens (including phenoxy) is 1. The third kappa shape index (κ3) is 4.73. The summed E-state index contributed by atoms with van der Waals surface area (Å²) in [5, 5.41) is 8.90. The van der Waals surface area contributed by atoms with Crippen molar-refractivity contribution in [2.75, 3.05) is 13.7 Å². The highest BCUT2D eigenvalue weighted by Crippen LogP contribution is 2.30. The zero-order valence-corrected chi connectivity index (χ0v) is 14.5. The van der Waals surface area contributed by atoms with E-state index in [1.165, 1.54) is 0 Å². The van der Waals surface area contributed by atoms with Crippen LogP contribution < -0.4 is 4.74 Å². The summed E-state index contributed by atoms with van der Waals surface area (Å²) in [4.78, 5) is 25.5. The van der Waals surface area contributed by atoms with E-state index in [1.807, 2.05) is 36.1 Å². The van der Waals surface area contributed by atoms with Crippen molar-refractivity contribution < 1.29 is 19.4 Å². The molecule has 0 bridgehead atoms. The number of hydrogen-bond acceptors (Lipinski definition) is 3. The van der Waals surface area contributed by atoms with Crippen molar-refractivity contribution in [3.05, 3.63) is 29.8 Å². The third-order valence-electron chi connectivity index (χ3n) is 4.79. The molecule has 2 atom stereocenters. The number of benzene rings is 1. The maximum atomic E-state index is 12.8. The van der Waals surface area contributed by atoms with Gasteiger partial charge in [0.05, 0.1) is 7.11 Å². The average Bonchev–Trinajstić information content (AvgIpc) is 2.59. The highest BCUT2D eigenvalue weighted by molar-refractivity contribution is 5.78. The summed E-state index contributed by atoms with van der Waals surface area (Å²) in [6, 6.07) is 7.84. The highest BCUT2D eigenvalue weighted by atomic mass is 16.5. The second-order valence-electron chi connectivity index (χ2n) is 6.52. The number of aliphatic carboxylic acids is 1. The van der Waals surface area contributed by atoms with Crippen molar-refractivity contribution in [1.82, 2.24) is 4.90 Å². The van der Waals surface area contributed by atoms with Crippen molar-refractivity contribution in [2.24, 2.45) is 0 Å². The van der Waals surface area contributed by atoms with Crippen molar-refractivity contribution in [3.63, 3.8) is 0 Å². The molecule has 132 valence electrons. The minimum atomic E-state index is -0.796. The Morgan fingerprint density at radius 1 is 1.33 bits per heavy atom. The summed E-state index contributed by atoms with van der Waals surface area (Å²) in [5.41, 5.74) is 1.03. The fourth-order valence-corrected chi connectivity index (χ4v) is 3.48. The Morgan fingerprint density at radius 3 is 2.79 bits per heavy atom. The predicted molar refractivity (Wildman–Crippen MR) is 92.2 cm³/mol. The van der Waals surface area contributed by atoms with Gasteiger partial charge in [-0.1, -0.05) is 25.1 Å². The van der Waals surface area contributed by atoms with Gasteiger partial charge in [0.1, 0.15) is 5.75 Å². The molecule has 0 aliphatic carbocycles. The average molecular weight is 333 g/mol. The van der Waals surface area contributed by atoms with Gasteiger partial charge in [-0.2, -0.15) is 0 Å². The number of carboxylic acids is 1. The number of carboxylic acid groups (broad SMARTS) is 1. The van der Waals surface area contributed by atoms with Crippen LogP contribution in [0.25, 0.3) is 0 Å². The summed E-state index contributed by atoms with van der Waals surface area (Å²) in [6.07, 6.45) is 4.06. The van der Waals surface area contributed by atoms with E-state index in [0.29, 0.717) is 12.8 Å². The summed E-state index contributed by atoms with van der Waals surface area (Å²) >= 11 is 0. The van der Waals surface area contributed by atoms with E-state index < -0.39 is 5.97 Å². The molecule has 24 heavy (non-hydrogen) atoms. The minimum absolute atomic E-state index is 0.0622. The van der Waals surface area contributed by atoms with E-state index in [0.717, 1.165) is 37.1 Å². The Hall–Kier alpha value is -2.04. The largest absolute Gasteiger partial charge is 0.496 e. The van der Waals surface area contributed by atoms with Crippen LogP contribution in [0.5, 0.6) is 5.75 Å². The molecule has 1 aromatic carbocycles. The Morgan fingerprint density at radius 2 is 2.08 bits per heavy atom. The first-order chi connectivity index (χ1) is 11.5. The van der Waals surface area contributed by atoms with Gasteiger partial charge in [0, 0.05) is 25.4 Å². The van der Waals surface area contributed by atoms with Gasteiger partial charge in [-0.05, 0) is 43.2 Å². The molecule has 1 amide bonds. The molecular formula is C19H27NO4. The summed E-state index contributed by atoms with van der Waals surface area (Å²) in [7, 11) is 1.64. The quantitative estimate of drug-likeness (QED) is 0.830. The molecule has 1 fully saturated rings. The van der Waals surface area contributed by atoms with Gasteiger partial charge in [0.25, 0.3) is 0 Å². The van der Waals surface area contributed by atoms with Gasteiger partial charge in [-0.3, -0.25) is 9.59 Å². The summed E-state index contributed by atoms with van der Waals surface area (Å²) in [6.45, 7) is 2.77. The molecule has 1 aromatic rings. The number of para-hydroxylation sites is 1. The van der Waals surface area contributed by atoms with E-state index in [1.54, 1.807) is 7.11 Å². The van der Waals surface area contributed by atoms with Gasteiger partial charge in [-0.25, -0.2) is 0 Å². The lowest BCUT2D eigenvalue weighted by molar-refractivity contribution is -0.140. The van der Waals surface area contributed by atoms with Crippen LogP contribution in [-0.4, -0.2) is 41.6 Å². The predicted octanol–water partition coefficient (Wildman–Crippen LogP) is 3.43. The first kappa shape index (κ1) is 18.3. The smallest absolute Gasteiger partial charge is 0.303 e. The molecule has 0 saturated carbocycles. The fraction of sp³-hybridized carbons (Fsp3) is 0.579. The van der Waals surface area contributed by atoms with Crippen LogP contribution in [0, 0.1) is 0 Å². The van der Waals surface area contributed by atoms with Crippen LogP contribution in [0.15, 0.2) is 24.3 Å². The van der Waals surface area contributed by atoms with Gasteiger partial charge in [0.2, 0.25) is 5.91 Å². The SMILES string of the molecule is COc1ccccc1[C@@H](C)CC(=O)N1CCCC[C@@H]1CCC(=O)O. The topological polar surface area (TPSA) is 66.8 Å². The van der Waals surface area contributed by atoms with E-state index in [4.69, 9.17) is 9.84 Å². The zero-order chi connectivity index (χ0) is 17.5. The number of methoxy groups -OCH3 is 1. The first-order valence-corrected chi connectivity index (χ1v) is 8.67. The van der Waals surface area contributed by atoms with Crippen molar-refractivity contribution in [2.45, 2.75) is 57.4 Å². The molecule has 2 rings (SSSR count). The lowest BCUT2D eigenvalue weighted by Gasteiger charge is -2.36. The van der Waals surface area contributed by atoms with Crippen LogP contribution in [-0.2, 0) is 9.59 Å².